The molecule has 0 spiro atoms. The van der Waals surface area contributed by atoms with Crippen molar-refractivity contribution in [3.63, 3.8) is 0 Å². The molecule has 2 rings (SSSR count). The van der Waals surface area contributed by atoms with Crippen LogP contribution in [0.2, 0.25) is 0 Å². The first-order chi connectivity index (χ1) is 8.49. The fourth-order valence-electron chi connectivity index (χ4n) is 2.00. The van der Waals surface area contributed by atoms with E-state index in [0.717, 1.165) is 37.0 Å². The summed E-state index contributed by atoms with van der Waals surface area (Å²) in [5.41, 5.74) is 6.72. The number of rotatable bonds is 2. The third kappa shape index (κ3) is 2.64. The highest BCUT2D eigenvalue weighted by molar-refractivity contribution is 7.15. The molecule has 0 unspecified atom stereocenters. The van der Waals surface area contributed by atoms with Gasteiger partial charge in [0.2, 0.25) is 5.91 Å². The molecular weight excluding hydrogens is 248 g/mol. The van der Waals surface area contributed by atoms with Crippen LogP contribution < -0.4 is 10.6 Å². The van der Waals surface area contributed by atoms with Crippen molar-refractivity contribution in [3.8, 4) is 0 Å². The van der Waals surface area contributed by atoms with Crippen molar-refractivity contribution in [3.05, 3.63) is 10.6 Å². The Labute approximate surface area is 112 Å². The molecule has 1 saturated heterocycles. The van der Waals surface area contributed by atoms with Crippen LogP contribution in [-0.2, 0) is 4.79 Å². The summed E-state index contributed by atoms with van der Waals surface area (Å²) in [6.45, 7) is 9.01. The van der Waals surface area contributed by atoms with Crippen molar-refractivity contribution < 1.29 is 4.79 Å². The molecule has 1 amide bonds. The summed E-state index contributed by atoms with van der Waals surface area (Å²) in [6.07, 6.45) is 0. The summed E-state index contributed by atoms with van der Waals surface area (Å²) in [4.78, 5) is 21.7. The Balaban J connectivity index is 1.96. The Kier molecular flexibility index (Phi) is 3.87. The molecule has 5 nitrogen and oxygen atoms in total. The maximum atomic E-state index is 11.8. The van der Waals surface area contributed by atoms with Gasteiger partial charge in [0.15, 0.2) is 5.13 Å². The van der Waals surface area contributed by atoms with Crippen LogP contribution in [0.3, 0.4) is 0 Å². The van der Waals surface area contributed by atoms with E-state index in [9.17, 15) is 4.79 Å². The van der Waals surface area contributed by atoms with E-state index < -0.39 is 6.04 Å². The smallest absolute Gasteiger partial charge is 0.239 e. The first-order valence-electron chi connectivity index (χ1n) is 6.22. The molecule has 2 N–H and O–H groups in total. The van der Waals surface area contributed by atoms with Crippen LogP contribution in [0.4, 0.5) is 5.13 Å². The number of amides is 1. The van der Waals surface area contributed by atoms with Gasteiger partial charge in [-0.25, -0.2) is 4.98 Å². The Hall–Kier alpha value is -1.14. The van der Waals surface area contributed by atoms with Crippen LogP contribution >= 0.6 is 11.3 Å². The molecule has 1 fully saturated rings. The minimum Gasteiger partial charge on any atom is -0.345 e. The summed E-state index contributed by atoms with van der Waals surface area (Å²) in [5, 5.41) is 1.07. The Morgan fingerprint density at radius 1 is 1.33 bits per heavy atom. The number of aromatic nitrogens is 1. The maximum absolute atomic E-state index is 11.8. The molecule has 100 valence electrons. The first kappa shape index (κ1) is 13.3. The maximum Gasteiger partial charge on any atom is 0.239 e. The fourth-order valence-corrected chi connectivity index (χ4v) is 2.96. The number of piperazine rings is 1. The molecule has 2 heterocycles. The van der Waals surface area contributed by atoms with E-state index in [1.165, 1.54) is 4.88 Å². The second-order valence-corrected chi connectivity index (χ2v) is 5.92. The van der Waals surface area contributed by atoms with Gasteiger partial charge in [0.05, 0.1) is 11.7 Å². The van der Waals surface area contributed by atoms with Crippen LogP contribution in [-0.4, -0.2) is 48.0 Å². The van der Waals surface area contributed by atoms with E-state index in [0.29, 0.717) is 0 Å². The van der Waals surface area contributed by atoms with E-state index in [1.54, 1.807) is 18.3 Å². The van der Waals surface area contributed by atoms with Gasteiger partial charge in [0.25, 0.3) is 0 Å². The Morgan fingerprint density at radius 3 is 2.39 bits per heavy atom. The summed E-state index contributed by atoms with van der Waals surface area (Å²) >= 11 is 1.72. The molecule has 1 aliphatic heterocycles. The summed E-state index contributed by atoms with van der Waals surface area (Å²) < 4.78 is 0. The van der Waals surface area contributed by atoms with Gasteiger partial charge in [0, 0.05) is 31.1 Å². The highest BCUT2D eigenvalue weighted by Gasteiger charge is 2.24. The van der Waals surface area contributed by atoms with Crippen molar-refractivity contribution in [2.45, 2.75) is 26.8 Å². The molecule has 18 heavy (non-hydrogen) atoms. The molecule has 1 aromatic rings. The van der Waals surface area contributed by atoms with E-state index >= 15 is 0 Å². The summed E-state index contributed by atoms with van der Waals surface area (Å²) in [5.74, 6) is 0.0427. The van der Waals surface area contributed by atoms with E-state index in [2.05, 4.69) is 16.8 Å². The topological polar surface area (TPSA) is 62.5 Å². The van der Waals surface area contributed by atoms with E-state index in [4.69, 9.17) is 5.73 Å². The largest absolute Gasteiger partial charge is 0.345 e. The van der Waals surface area contributed by atoms with Gasteiger partial charge in [-0.3, -0.25) is 4.79 Å². The third-order valence-electron chi connectivity index (χ3n) is 3.27. The van der Waals surface area contributed by atoms with Crippen LogP contribution in [0.5, 0.6) is 0 Å². The number of nitrogens with zero attached hydrogens (tertiary/aromatic N) is 3. The second kappa shape index (κ2) is 5.24. The molecule has 6 heteroatoms. The number of hydrogen-bond acceptors (Lipinski definition) is 5. The molecule has 0 bridgehead atoms. The predicted molar refractivity (Wildman–Crippen MR) is 74.0 cm³/mol. The SMILES string of the molecule is Cc1nc(N2CCN(C(=O)[C@@H](C)N)CC2)sc1C. The average Bonchev–Trinajstić information content (AvgIpc) is 2.69. The van der Waals surface area contributed by atoms with Gasteiger partial charge in [-0.2, -0.15) is 0 Å². The number of aryl methyl sites for hydroxylation is 2. The van der Waals surface area contributed by atoms with Gasteiger partial charge < -0.3 is 15.5 Å². The predicted octanol–water partition coefficient (Wildman–Crippen LogP) is 0.756. The van der Waals surface area contributed by atoms with Crippen molar-refractivity contribution in [1.82, 2.24) is 9.88 Å². The van der Waals surface area contributed by atoms with Crippen molar-refractivity contribution in [2.24, 2.45) is 5.73 Å². The minimum atomic E-state index is -0.402. The standard InChI is InChI=1S/C12H20N4OS/c1-8(13)11(17)15-4-6-16(7-5-15)12-14-9(2)10(3)18-12/h8H,4-7,13H2,1-3H3/t8-/m1/s1. The minimum absolute atomic E-state index is 0.0427. The lowest BCUT2D eigenvalue weighted by Gasteiger charge is -2.35. The lowest BCUT2D eigenvalue weighted by Crippen LogP contribution is -2.52. The molecule has 1 aromatic heterocycles. The number of carbonyl (C=O) groups excluding carboxylic acids is 1. The second-order valence-electron chi connectivity index (χ2n) is 4.74. The van der Waals surface area contributed by atoms with Gasteiger partial charge in [0.1, 0.15) is 0 Å². The van der Waals surface area contributed by atoms with Crippen LogP contribution in [0.15, 0.2) is 0 Å². The van der Waals surface area contributed by atoms with Gasteiger partial charge in [-0.1, -0.05) is 0 Å². The zero-order valence-electron chi connectivity index (χ0n) is 11.1. The van der Waals surface area contributed by atoms with Crippen LogP contribution in [0, 0.1) is 13.8 Å². The normalized spacial score (nSPS) is 18.0. The lowest BCUT2D eigenvalue weighted by molar-refractivity contribution is -0.132. The monoisotopic (exact) mass is 268 g/mol. The summed E-state index contributed by atoms with van der Waals surface area (Å²) in [6, 6.07) is -0.402. The molecule has 0 aliphatic carbocycles. The molecular formula is C12H20N4OS. The van der Waals surface area contributed by atoms with E-state index in [1.807, 2.05) is 11.8 Å². The zero-order valence-corrected chi connectivity index (χ0v) is 12.0. The van der Waals surface area contributed by atoms with Crippen molar-refractivity contribution >= 4 is 22.4 Å². The number of carbonyl (C=O) groups is 1. The van der Waals surface area contributed by atoms with Gasteiger partial charge >= 0.3 is 0 Å². The number of thiazole rings is 1. The molecule has 1 atom stereocenters. The Morgan fingerprint density at radius 2 is 1.94 bits per heavy atom. The van der Waals surface area contributed by atoms with Crippen molar-refractivity contribution in [2.75, 3.05) is 31.1 Å². The lowest BCUT2D eigenvalue weighted by atomic mass is 10.2. The zero-order chi connectivity index (χ0) is 13.3. The number of nitrogens with two attached hydrogens (primary N) is 1. The quantitative estimate of drug-likeness (QED) is 0.860. The Bertz CT molecular complexity index is 416. The molecule has 0 radical (unpaired) electrons. The third-order valence-corrected chi connectivity index (χ3v) is 4.40. The summed E-state index contributed by atoms with van der Waals surface area (Å²) in [7, 11) is 0. The molecule has 0 saturated carbocycles. The van der Waals surface area contributed by atoms with Crippen molar-refractivity contribution in [1.29, 1.82) is 0 Å². The van der Waals surface area contributed by atoms with Gasteiger partial charge in [-0.15, -0.1) is 11.3 Å². The fraction of sp³-hybridized carbons (Fsp3) is 0.667. The first-order valence-corrected chi connectivity index (χ1v) is 7.04. The number of anilines is 1. The number of hydrogen-bond donors (Lipinski definition) is 1. The molecule has 0 aromatic carbocycles. The highest BCUT2D eigenvalue weighted by Crippen LogP contribution is 2.25. The van der Waals surface area contributed by atoms with E-state index in [-0.39, 0.29) is 5.91 Å². The van der Waals surface area contributed by atoms with Crippen LogP contribution in [0.25, 0.3) is 0 Å². The molecule has 1 aliphatic rings. The van der Waals surface area contributed by atoms with Gasteiger partial charge in [-0.05, 0) is 20.8 Å². The highest BCUT2D eigenvalue weighted by atomic mass is 32.1. The van der Waals surface area contributed by atoms with Crippen LogP contribution in [0.1, 0.15) is 17.5 Å². The average molecular weight is 268 g/mol.